The molecule has 2 aromatic carbocycles. The van der Waals surface area contributed by atoms with Crippen molar-refractivity contribution in [3.63, 3.8) is 0 Å². The summed E-state index contributed by atoms with van der Waals surface area (Å²) >= 11 is 6.92. The van der Waals surface area contributed by atoms with Crippen LogP contribution in [-0.2, 0) is 18.0 Å². The number of hydrogen-bond acceptors (Lipinski definition) is 2. The second-order valence-electron chi connectivity index (χ2n) is 3.97. The van der Waals surface area contributed by atoms with Crippen LogP contribution in [0.3, 0.4) is 0 Å². The second-order valence-corrected chi connectivity index (χ2v) is 5.74. The molecule has 0 aliphatic rings. The first-order valence-electron chi connectivity index (χ1n) is 5.51. The molecule has 0 atom stereocenters. The molecule has 4 heteroatoms. The molecule has 0 fully saturated rings. The van der Waals surface area contributed by atoms with Crippen molar-refractivity contribution in [2.45, 2.75) is 13.2 Å². The highest BCUT2D eigenvalue weighted by atomic mass is 79.9. The van der Waals surface area contributed by atoms with Gasteiger partial charge in [-0.2, -0.15) is 0 Å². The number of nitrogen functional groups attached to an aromatic ring is 1. The fraction of sp³-hybridized carbons (Fsp3) is 0.143. The zero-order valence-electron chi connectivity index (χ0n) is 9.70. The smallest absolute Gasteiger partial charge is 0.0732 e. The van der Waals surface area contributed by atoms with Crippen molar-refractivity contribution < 1.29 is 4.74 Å². The highest BCUT2D eigenvalue weighted by Crippen LogP contribution is 2.21. The normalized spacial score (nSPS) is 10.6. The summed E-state index contributed by atoms with van der Waals surface area (Å²) in [7, 11) is 0. The molecule has 0 aromatic heterocycles. The van der Waals surface area contributed by atoms with Gasteiger partial charge in [-0.3, -0.25) is 0 Å². The predicted molar refractivity (Wildman–Crippen MR) is 81.2 cm³/mol. The Morgan fingerprint density at radius 2 is 1.83 bits per heavy atom. The van der Waals surface area contributed by atoms with Gasteiger partial charge in [-0.05, 0) is 35.4 Å². The lowest BCUT2D eigenvalue weighted by atomic mass is 10.2. The summed E-state index contributed by atoms with van der Waals surface area (Å²) in [6.07, 6.45) is 0. The highest BCUT2D eigenvalue weighted by Gasteiger charge is 2.01. The first-order chi connectivity index (χ1) is 8.65. The first kappa shape index (κ1) is 13.6. The van der Waals surface area contributed by atoms with E-state index in [0.29, 0.717) is 13.2 Å². The minimum Gasteiger partial charge on any atom is -0.399 e. The van der Waals surface area contributed by atoms with Crippen molar-refractivity contribution in [1.82, 2.24) is 0 Å². The van der Waals surface area contributed by atoms with E-state index in [1.165, 1.54) is 0 Å². The number of rotatable bonds is 4. The van der Waals surface area contributed by atoms with Crippen LogP contribution < -0.4 is 5.73 Å². The van der Waals surface area contributed by atoms with Gasteiger partial charge in [-0.1, -0.05) is 50.1 Å². The molecule has 0 radical (unpaired) electrons. The van der Waals surface area contributed by atoms with E-state index < -0.39 is 0 Å². The van der Waals surface area contributed by atoms with Crippen molar-refractivity contribution >= 4 is 37.5 Å². The molecule has 0 spiro atoms. The third kappa shape index (κ3) is 3.83. The average molecular weight is 371 g/mol. The Labute approximate surface area is 123 Å². The van der Waals surface area contributed by atoms with Crippen molar-refractivity contribution in [2.75, 3.05) is 5.73 Å². The van der Waals surface area contributed by atoms with Gasteiger partial charge < -0.3 is 10.5 Å². The Bertz CT molecular complexity index is 543. The molecule has 0 amide bonds. The van der Waals surface area contributed by atoms with E-state index in [1.807, 2.05) is 36.4 Å². The third-order valence-corrected chi connectivity index (χ3v) is 3.72. The summed E-state index contributed by atoms with van der Waals surface area (Å²) in [4.78, 5) is 0. The van der Waals surface area contributed by atoms with Crippen LogP contribution in [-0.4, -0.2) is 0 Å². The van der Waals surface area contributed by atoms with Crippen molar-refractivity contribution in [2.24, 2.45) is 0 Å². The molecule has 0 bridgehead atoms. The molecule has 0 aliphatic heterocycles. The Morgan fingerprint density at radius 3 is 2.56 bits per heavy atom. The fourth-order valence-corrected chi connectivity index (χ4v) is 2.54. The number of nitrogens with two attached hydrogens (primary N) is 1. The van der Waals surface area contributed by atoms with Crippen molar-refractivity contribution in [3.05, 3.63) is 62.5 Å². The van der Waals surface area contributed by atoms with Crippen LogP contribution in [0.1, 0.15) is 11.1 Å². The Hall–Kier alpha value is -0.840. The molecule has 0 aliphatic carbocycles. The van der Waals surface area contributed by atoms with Crippen LogP contribution >= 0.6 is 31.9 Å². The van der Waals surface area contributed by atoms with Gasteiger partial charge in [0.1, 0.15) is 0 Å². The van der Waals surface area contributed by atoms with Gasteiger partial charge in [0.05, 0.1) is 13.2 Å². The van der Waals surface area contributed by atoms with Gasteiger partial charge in [0.25, 0.3) is 0 Å². The second kappa shape index (κ2) is 6.36. The molecule has 0 saturated carbocycles. The minimum absolute atomic E-state index is 0.563. The number of hydrogen-bond donors (Lipinski definition) is 1. The van der Waals surface area contributed by atoms with Gasteiger partial charge in [0, 0.05) is 14.6 Å². The summed E-state index contributed by atoms with van der Waals surface area (Å²) in [5.74, 6) is 0. The topological polar surface area (TPSA) is 35.2 Å². The largest absolute Gasteiger partial charge is 0.399 e. The maximum absolute atomic E-state index is 5.69. The van der Waals surface area contributed by atoms with Crippen molar-refractivity contribution in [1.29, 1.82) is 0 Å². The Kier molecular flexibility index (Phi) is 4.80. The van der Waals surface area contributed by atoms with Gasteiger partial charge in [-0.25, -0.2) is 0 Å². The minimum atomic E-state index is 0.563. The molecular formula is C14H13Br2NO. The number of halogens is 2. The van der Waals surface area contributed by atoms with E-state index in [-0.39, 0.29) is 0 Å². The van der Waals surface area contributed by atoms with Gasteiger partial charge in [0.15, 0.2) is 0 Å². The van der Waals surface area contributed by atoms with E-state index in [9.17, 15) is 0 Å². The van der Waals surface area contributed by atoms with Crippen LogP contribution in [0.4, 0.5) is 5.69 Å². The Morgan fingerprint density at radius 1 is 1.00 bits per heavy atom. The van der Waals surface area contributed by atoms with Crippen molar-refractivity contribution in [3.8, 4) is 0 Å². The molecule has 0 unspecified atom stereocenters. The lowest BCUT2D eigenvalue weighted by Gasteiger charge is -2.07. The summed E-state index contributed by atoms with van der Waals surface area (Å²) < 4.78 is 7.74. The predicted octanol–water partition coefficient (Wildman–Crippen LogP) is 4.51. The van der Waals surface area contributed by atoms with Crippen LogP contribution in [0.25, 0.3) is 0 Å². The molecular weight excluding hydrogens is 358 g/mol. The van der Waals surface area contributed by atoms with E-state index in [0.717, 1.165) is 25.8 Å². The maximum atomic E-state index is 5.69. The molecule has 0 heterocycles. The number of benzene rings is 2. The lowest BCUT2D eigenvalue weighted by molar-refractivity contribution is 0.107. The molecule has 94 valence electrons. The maximum Gasteiger partial charge on any atom is 0.0732 e. The summed E-state index contributed by atoms with van der Waals surface area (Å²) in [5.41, 5.74) is 8.68. The van der Waals surface area contributed by atoms with Crippen LogP contribution in [0.2, 0.25) is 0 Å². The quantitative estimate of drug-likeness (QED) is 0.803. The summed E-state index contributed by atoms with van der Waals surface area (Å²) in [5, 5.41) is 0. The molecule has 18 heavy (non-hydrogen) atoms. The van der Waals surface area contributed by atoms with Crippen LogP contribution in [0.15, 0.2) is 51.4 Å². The lowest BCUT2D eigenvalue weighted by Crippen LogP contribution is -1.96. The molecule has 2 nitrogen and oxygen atoms in total. The zero-order valence-corrected chi connectivity index (χ0v) is 12.9. The fourth-order valence-electron chi connectivity index (χ4n) is 1.59. The Balaban J connectivity index is 1.92. The standard InChI is InChI=1S/C14H13Br2NO/c15-12-3-1-2-10(6-12)8-18-9-11-4-5-13(17)7-14(11)16/h1-7H,8-9,17H2. The molecule has 0 saturated heterocycles. The molecule has 2 aromatic rings. The average Bonchev–Trinajstić information content (AvgIpc) is 2.32. The molecule has 2 rings (SSSR count). The third-order valence-electron chi connectivity index (χ3n) is 2.49. The van der Waals surface area contributed by atoms with Gasteiger partial charge in [0.2, 0.25) is 0 Å². The van der Waals surface area contributed by atoms with E-state index in [4.69, 9.17) is 10.5 Å². The number of anilines is 1. The zero-order chi connectivity index (χ0) is 13.0. The van der Waals surface area contributed by atoms with Crippen LogP contribution in [0.5, 0.6) is 0 Å². The van der Waals surface area contributed by atoms with Crippen LogP contribution in [0, 0.1) is 0 Å². The van der Waals surface area contributed by atoms with Gasteiger partial charge >= 0.3 is 0 Å². The van der Waals surface area contributed by atoms with Gasteiger partial charge in [-0.15, -0.1) is 0 Å². The first-order valence-corrected chi connectivity index (χ1v) is 7.10. The summed E-state index contributed by atoms with van der Waals surface area (Å²) in [6.45, 7) is 1.16. The number of ether oxygens (including phenoxy) is 1. The van der Waals surface area contributed by atoms with E-state index in [1.54, 1.807) is 0 Å². The highest BCUT2D eigenvalue weighted by molar-refractivity contribution is 9.10. The SMILES string of the molecule is Nc1ccc(COCc2cccc(Br)c2)c(Br)c1. The van der Waals surface area contributed by atoms with E-state index >= 15 is 0 Å². The monoisotopic (exact) mass is 369 g/mol. The summed E-state index contributed by atoms with van der Waals surface area (Å²) in [6, 6.07) is 13.8. The van der Waals surface area contributed by atoms with E-state index in [2.05, 4.69) is 37.9 Å². The molecule has 2 N–H and O–H groups in total.